The predicted molar refractivity (Wildman–Crippen MR) is 74.0 cm³/mol. The summed E-state index contributed by atoms with van der Waals surface area (Å²) in [5, 5.41) is 10.6. The van der Waals surface area contributed by atoms with Gasteiger partial charge in [0.15, 0.2) is 0 Å². The molecular formula is C14H15N5. The van der Waals surface area contributed by atoms with Gasteiger partial charge in [0.1, 0.15) is 0 Å². The summed E-state index contributed by atoms with van der Waals surface area (Å²) in [7, 11) is 0. The van der Waals surface area contributed by atoms with Crippen LogP contribution in [0.15, 0.2) is 42.9 Å². The Morgan fingerprint density at radius 3 is 3.05 bits per heavy atom. The van der Waals surface area contributed by atoms with Crippen LogP contribution in [0.3, 0.4) is 0 Å². The summed E-state index contributed by atoms with van der Waals surface area (Å²) in [6.07, 6.45) is 7.40. The molecule has 2 aromatic heterocycles. The van der Waals surface area contributed by atoms with Gasteiger partial charge in [0.05, 0.1) is 17.6 Å². The monoisotopic (exact) mass is 253 g/mol. The van der Waals surface area contributed by atoms with Gasteiger partial charge in [0.2, 0.25) is 0 Å². The van der Waals surface area contributed by atoms with Gasteiger partial charge in [0, 0.05) is 23.2 Å². The first-order valence-electron chi connectivity index (χ1n) is 6.33. The number of pyridine rings is 1. The summed E-state index contributed by atoms with van der Waals surface area (Å²) in [6.45, 7) is 0.673. The molecule has 0 spiro atoms. The van der Waals surface area contributed by atoms with Crippen molar-refractivity contribution in [1.29, 1.82) is 0 Å². The van der Waals surface area contributed by atoms with Crippen LogP contribution in [0.25, 0.3) is 16.5 Å². The summed E-state index contributed by atoms with van der Waals surface area (Å²) in [5.41, 5.74) is 7.50. The highest BCUT2D eigenvalue weighted by Crippen LogP contribution is 2.20. The molecule has 5 nitrogen and oxygen atoms in total. The van der Waals surface area contributed by atoms with E-state index in [-0.39, 0.29) is 0 Å². The molecule has 1 aromatic carbocycles. The van der Waals surface area contributed by atoms with Gasteiger partial charge >= 0.3 is 0 Å². The van der Waals surface area contributed by atoms with E-state index in [1.165, 1.54) is 0 Å². The van der Waals surface area contributed by atoms with Crippen LogP contribution in [0.5, 0.6) is 0 Å². The standard InChI is InChI=1S/C14H15N5/c15-7-2-4-12-10-19(18-17-12)14-5-1-3-11-9-16-8-6-13(11)14/h1,3,5-6,8-10H,2,4,7,15H2. The first-order valence-corrected chi connectivity index (χ1v) is 6.33. The summed E-state index contributed by atoms with van der Waals surface area (Å²) < 4.78 is 1.81. The van der Waals surface area contributed by atoms with E-state index in [0.717, 1.165) is 35.0 Å². The van der Waals surface area contributed by atoms with Gasteiger partial charge in [-0.2, -0.15) is 0 Å². The number of nitrogens with zero attached hydrogens (tertiary/aromatic N) is 4. The first-order chi connectivity index (χ1) is 9.38. The smallest absolute Gasteiger partial charge is 0.0832 e. The Balaban J connectivity index is 2.02. The number of fused-ring (bicyclic) bond motifs is 1. The summed E-state index contributed by atoms with van der Waals surface area (Å²) >= 11 is 0. The molecule has 0 aliphatic heterocycles. The molecule has 2 N–H and O–H groups in total. The largest absolute Gasteiger partial charge is 0.330 e. The maximum Gasteiger partial charge on any atom is 0.0832 e. The Hall–Kier alpha value is -2.27. The number of benzene rings is 1. The third kappa shape index (κ3) is 2.32. The Morgan fingerprint density at radius 2 is 2.16 bits per heavy atom. The number of aromatic nitrogens is 4. The lowest BCUT2D eigenvalue weighted by atomic mass is 10.1. The molecule has 0 radical (unpaired) electrons. The Morgan fingerprint density at radius 1 is 1.21 bits per heavy atom. The highest BCUT2D eigenvalue weighted by Gasteiger charge is 2.06. The molecule has 2 heterocycles. The fraction of sp³-hybridized carbons (Fsp3) is 0.214. The van der Waals surface area contributed by atoms with Crippen molar-refractivity contribution in [2.24, 2.45) is 5.73 Å². The van der Waals surface area contributed by atoms with E-state index in [0.29, 0.717) is 6.54 Å². The number of rotatable bonds is 4. The van der Waals surface area contributed by atoms with E-state index in [1.807, 2.05) is 41.3 Å². The van der Waals surface area contributed by atoms with Gasteiger partial charge in [-0.3, -0.25) is 4.98 Å². The van der Waals surface area contributed by atoms with Crippen molar-refractivity contribution in [2.75, 3.05) is 6.54 Å². The minimum absolute atomic E-state index is 0.673. The van der Waals surface area contributed by atoms with Crippen LogP contribution in [0.1, 0.15) is 12.1 Å². The van der Waals surface area contributed by atoms with Crippen molar-refractivity contribution in [3.8, 4) is 5.69 Å². The molecule has 96 valence electrons. The van der Waals surface area contributed by atoms with Crippen LogP contribution in [-0.4, -0.2) is 26.5 Å². The maximum absolute atomic E-state index is 5.51. The van der Waals surface area contributed by atoms with Gasteiger partial charge in [0.25, 0.3) is 0 Å². The lowest BCUT2D eigenvalue weighted by Crippen LogP contribution is -2.00. The minimum Gasteiger partial charge on any atom is -0.330 e. The predicted octanol–water partition coefficient (Wildman–Crippen LogP) is 1.71. The van der Waals surface area contributed by atoms with Crippen LogP contribution < -0.4 is 5.73 Å². The van der Waals surface area contributed by atoms with Crippen molar-refractivity contribution in [1.82, 2.24) is 20.0 Å². The fourth-order valence-electron chi connectivity index (χ4n) is 2.12. The average Bonchev–Trinajstić information content (AvgIpc) is 2.93. The zero-order valence-corrected chi connectivity index (χ0v) is 10.5. The molecule has 5 heteroatoms. The molecule has 0 bridgehead atoms. The molecular weight excluding hydrogens is 238 g/mol. The quantitative estimate of drug-likeness (QED) is 0.768. The maximum atomic E-state index is 5.51. The normalized spacial score (nSPS) is 11.0. The molecule has 0 aliphatic rings. The second-order valence-electron chi connectivity index (χ2n) is 4.42. The second-order valence-corrected chi connectivity index (χ2v) is 4.42. The molecule has 0 aliphatic carbocycles. The molecule has 0 atom stereocenters. The summed E-state index contributed by atoms with van der Waals surface area (Å²) in [5.74, 6) is 0. The first kappa shape index (κ1) is 11.8. The number of hydrogen-bond donors (Lipinski definition) is 1. The number of aryl methyl sites for hydroxylation is 1. The van der Waals surface area contributed by atoms with Crippen molar-refractivity contribution in [3.05, 3.63) is 48.5 Å². The highest BCUT2D eigenvalue weighted by molar-refractivity contribution is 5.89. The van der Waals surface area contributed by atoms with Gasteiger partial charge in [-0.05, 0) is 31.5 Å². The van der Waals surface area contributed by atoms with Crippen LogP contribution in [0.4, 0.5) is 0 Å². The molecule has 0 unspecified atom stereocenters. The SMILES string of the molecule is NCCCc1cn(-c2cccc3cnccc23)nn1. The molecule has 0 saturated heterocycles. The van der Waals surface area contributed by atoms with Crippen LogP contribution >= 0.6 is 0 Å². The van der Waals surface area contributed by atoms with Crippen molar-refractivity contribution in [3.63, 3.8) is 0 Å². The summed E-state index contributed by atoms with van der Waals surface area (Å²) in [4.78, 5) is 4.13. The number of nitrogens with two attached hydrogens (primary N) is 1. The Kier molecular flexibility index (Phi) is 3.20. The lowest BCUT2D eigenvalue weighted by Gasteiger charge is -2.04. The third-order valence-corrected chi connectivity index (χ3v) is 3.08. The van der Waals surface area contributed by atoms with Gasteiger partial charge in [-0.1, -0.05) is 17.3 Å². The van der Waals surface area contributed by atoms with Crippen LogP contribution in [0, 0.1) is 0 Å². The van der Waals surface area contributed by atoms with Gasteiger partial charge in [-0.25, -0.2) is 4.68 Å². The van der Waals surface area contributed by atoms with E-state index in [4.69, 9.17) is 5.73 Å². The van der Waals surface area contributed by atoms with E-state index < -0.39 is 0 Å². The van der Waals surface area contributed by atoms with Gasteiger partial charge < -0.3 is 5.73 Å². The molecule has 19 heavy (non-hydrogen) atoms. The van der Waals surface area contributed by atoms with Crippen LogP contribution in [0.2, 0.25) is 0 Å². The van der Waals surface area contributed by atoms with E-state index in [9.17, 15) is 0 Å². The zero-order chi connectivity index (χ0) is 13.1. The third-order valence-electron chi connectivity index (χ3n) is 3.08. The lowest BCUT2D eigenvalue weighted by molar-refractivity contribution is 0.781. The minimum atomic E-state index is 0.673. The molecule has 0 saturated carbocycles. The molecule has 3 rings (SSSR count). The van der Waals surface area contributed by atoms with Crippen LogP contribution in [-0.2, 0) is 6.42 Å². The fourth-order valence-corrected chi connectivity index (χ4v) is 2.12. The average molecular weight is 253 g/mol. The van der Waals surface area contributed by atoms with Crippen molar-refractivity contribution in [2.45, 2.75) is 12.8 Å². The van der Waals surface area contributed by atoms with Crippen molar-refractivity contribution < 1.29 is 0 Å². The molecule has 3 aromatic rings. The summed E-state index contributed by atoms with van der Waals surface area (Å²) in [6, 6.07) is 8.06. The zero-order valence-electron chi connectivity index (χ0n) is 10.5. The molecule has 0 fully saturated rings. The Labute approximate surface area is 111 Å². The second kappa shape index (κ2) is 5.16. The van der Waals surface area contributed by atoms with E-state index in [1.54, 1.807) is 6.20 Å². The Bertz CT molecular complexity index is 684. The van der Waals surface area contributed by atoms with Crippen molar-refractivity contribution >= 4 is 10.8 Å². The van der Waals surface area contributed by atoms with Gasteiger partial charge in [-0.15, -0.1) is 5.10 Å². The topological polar surface area (TPSA) is 69.6 Å². The number of hydrogen-bond acceptors (Lipinski definition) is 4. The van der Waals surface area contributed by atoms with E-state index >= 15 is 0 Å². The molecule has 0 amide bonds. The highest BCUT2D eigenvalue weighted by atomic mass is 15.4. The van der Waals surface area contributed by atoms with E-state index in [2.05, 4.69) is 15.3 Å².